The number of rotatable bonds is 5. The molecule has 0 N–H and O–H groups in total. The number of halogens is 2. The number of hydrogen-bond acceptors (Lipinski definition) is 1. The molecule has 0 aliphatic carbocycles. The van der Waals surface area contributed by atoms with E-state index in [0.717, 1.165) is 25.0 Å². The average molecular weight is 315 g/mol. The summed E-state index contributed by atoms with van der Waals surface area (Å²) in [6.45, 7) is 2.82. The van der Waals surface area contributed by atoms with Crippen molar-refractivity contribution in [2.24, 2.45) is 0 Å². The van der Waals surface area contributed by atoms with Crippen LogP contribution >= 0.6 is 15.9 Å². The Morgan fingerprint density at radius 2 is 1.83 bits per heavy atom. The van der Waals surface area contributed by atoms with Crippen LogP contribution in [0.2, 0.25) is 0 Å². The molecule has 1 aliphatic heterocycles. The third-order valence-electron chi connectivity index (χ3n) is 3.14. The van der Waals surface area contributed by atoms with Crippen LogP contribution in [-0.2, 0) is 6.42 Å². The number of carbonyl (C=O) groups excluding carboxylic acids is 1. The molecule has 1 heterocycles. The number of urea groups is 1. The first-order valence-electron chi connectivity index (χ1n) is 6.05. The van der Waals surface area contributed by atoms with E-state index < -0.39 is 0 Å². The normalized spacial score (nSPS) is 15.6. The number of benzene rings is 1. The Balaban J connectivity index is 1.88. The predicted octanol–water partition coefficient (Wildman–Crippen LogP) is 2.50. The van der Waals surface area contributed by atoms with Crippen molar-refractivity contribution in [3.05, 3.63) is 35.6 Å². The molecule has 0 atom stereocenters. The third-order valence-corrected chi connectivity index (χ3v) is 3.50. The Bertz CT molecular complexity index is 427. The first kappa shape index (κ1) is 13.3. The number of nitrogens with zero attached hydrogens (tertiary/aromatic N) is 2. The van der Waals surface area contributed by atoms with Gasteiger partial charge >= 0.3 is 6.03 Å². The molecule has 0 saturated carbocycles. The minimum atomic E-state index is -0.193. The van der Waals surface area contributed by atoms with Gasteiger partial charge < -0.3 is 9.80 Å². The number of amides is 2. The van der Waals surface area contributed by atoms with Crippen molar-refractivity contribution >= 4 is 22.0 Å². The quantitative estimate of drug-likeness (QED) is 0.766. The van der Waals surface area contributed by atoms with Gasteiger partial charge in [0.05, 0.1) is 0 Å². The van der Waals surface area contributed by atoms with Crippen molar-refractivity contribution in [1.29, 1.82) is 0 Å². The second-order valence-corrected chi connectivity index (χ2v) is 5.08. The van der Waals surface area contributed by atoms with Crippen molar-refractivity contribution in [2.45, 2.75) is 6.42 Å². The van der Waals surface area contributed by atoms with E-state index in [0.29, 0.717) is 18.5 Å². The van der Waals surface area contributed by atoms with Gasteiger partial charge in [0.2, 0.25) is 0 Å². The van der Waals surface area contributed by atoms with Gasteiger partial charge in [0, 0.05) is 31.5 Å². The summed E-state index contributed by atoms with van der Waals surface area (Å²) in [5.41, 5.74) is 0.671. The van der Waals surface area contributed by atoms with Crippen molar-refractivity contribution in [3.8, 4) is 0 Å². The molecule has 2 amide bonds. The van der Waals surface area contributed by atoms with Gasteiger partial charge in [-0.1, -0.05) is 34.1 Å². The second-order valence-electron chi connectivity index (χ2n) is 4.29. The van der Waals surface area contributed by atoms with Crippen LogP contribution in [0.15, 0.2) is 24.3 Å². The maximum Gasteiger partial charge on any atom is 0.320 e. The molecule has 0 spiro atoms. The first-order valence-corrected chi connectivity index (χ1v) is 7.17. The topological polar surface area (TPSA) is 23.6 Å². The molecule has 1 aromatic rings. The fraction of sp³-hybridized carbons (Fsp3) is 0.462. The van der Waals surface area contributed by atoms with Crippen LogP contribution in [-0.4, -0.2) is 47.3 Å². The van der Waals surface area contributed by atoms with Crippen LogP contribution in [0.25, 0.3) is 0 Å². The molecule has 1 aromatic carbocycles. The SMILES string of the molecule is O=C1N(CCBr)CCN1CCc1ccccc1F. The predicted molar refractivity (Wildman–Crippen MR) is 72.4 cm³/mol. The fourth-order valence-corrected chi connectivity index (χ4v) is 2.53. The van der Waals surface area contributed by atoms with E-state index in [9.17, 15) is 9.18 Å². The number of hydrogen-bond donors (Lipinski definition) is 0. The first-order chi connectivity index (χ1) is 8.72. The molecule has 2 rings (SSSR count). The summed E-state index contributed by atoms with van der Waals surface area (Å²) in [5, 5.41) is 0.792. The Morgan fingerprint density at radius 1 is 1.17 bits per heavy atom. The summed E-state index contributed by atoms with van der Waals surface area (Å²) in [7, 11) is 0. The minimum absolute atomic E-state index is 0.0609. The lowest BCUT2D eigenvalue weighted by Gasteiger charge is -2.17. The minimum Gasteiger partial charge on any atom is -0.323 e. The van der Waals surface area contributed by atoms with E-state index in [1.807, 2.05) is 11.0 Å². The molecule has 1 aliphatic rings. The Morgan fingerprint density at radius 3 is 2.50 bits per heavy atom. The largest absolute Gasteiger partial charge is 0.323 e. The Hall–Kier alpha value is -1.10. The Labute approximate surface area is 115 Å². The van der Waals surface area contributed by atoms with E-state index >= 15 is 0 Å². The molecule has 98 valence electrons. The molecular weight excluding hydrogens is 299 g/mol. The smallest absolute Gasteiger partial charge is 0.320 e. The Kier molecular flexibility index (Phi) is 4.58. The molecule has 0 bridgehead atoms. The van der Waals surface area contributed by atoms with Gasteiger partial charge in [-0.2, -0.15) is 0 Å². The highest BCUT2D eigenvalue weighted by molar-refractivity contribution is 9.09. The van der Waals surface area contributed by atoms with Crippen molar-refractivity contribution in [3.63, 3.8) is 0 Å². The lowest BCUT2D eigenvalue weighted by Crippen LogP contribution is -2.34. The van der Waals surface area contributed by atoms with E-state index in [-0.39, 0.29) is 11.8 Å². The summed E-state index contributed by atoms with van der Waals surface area (Å²) >= 11 is 3.33. The second kappa shape index (κ2) is 6.18. The van der Waals surface area contributed by atoms with E-state index in [1.165, 1.54) is 6.07 Å². The zero-order chi connectivity index (χ0) is 13.0. The van der Waals surface area contributed by atoms with Crippen LogP contribution in [0.3, 0.4) is 0 Å². The molecular formula is C13H16BrFN2O. The highest BCUT2D eigenvalue weighted by atomic mass is 79.9. The van der Waals surface area contributed by atoms with Gasteiger partial charge in [-0.25, -0.2) is 9.18 Å². The van der Waals surface area contributed by atoms with Crippen LogP contribution in [0.1, 0.15) is 5.56 Å². The number of alkyl halides is 1. The van der Waals surface area contributed by atoms with Crippen LogP contribution in [0, 0.1) is 5.82 Å². The molecule has 5 heteroatoms. The summed E-state index contributed by atoms with van der Waals surface area (Å²) in [4.78, 5) is 15.5. The zero-order valence-corrected chi connectivity index (χ0v) is 11.7. The third kappa shape index (κ3) is 3.02. The highest BCUT2D eigenvalue weighted by Crippen LogP contribution is 2.12. The van der Waals surface area contributed by atoms with Gasteiger partial charge in [-0.15, -0.1) is 0 Å². The van der Waals surface area contributed by atoms with Gasteiger partial charge in [0.1, 0.15) is 5.82 Å². The molecule has 0 radical (unpaired) electrons. The lowest BCUT2D eigenvalue weighted by atomic mass is 10.1. The maximum atomic E-state index is 13.4. The molecule has 1 saturated heterocycles. The molecule has 0 unspecified atom stereocenters. The molecule has 1 fully saturated rings. The van der Waals surface area contributed by atoms with Gasteiger partial charge in [-0.05, 0) is 18.1 Å². The van der Waals surface area contributed by atoms with Crippen molar-refractivity contribution in [1.82, 2.24) is 9.80 Å². The van der Waals surface area contributed by atoms with Gasteiger partial charge in [0.25, 0.3) is 0 Å². The molecule has 0 aromatic heterocycles. The molecule has 18 heavy (non-hydrogen) atoms. The zero-order valence-electron chi connectivity index (χ0n) is 10.1. The summed E-state index contributed by atoms with van der Waals surface area (Å²) < 4.78 is 13.4. The maximum absolute atomic E-state index is 13.4. The van der Waals surface area contributed by atoms with Crippen molar-refractivity contribution in [2.75, 3.05) is 31.5 Å². The standard InChI is InChI=1S/C13H16BrFN2O/c14-6-8-17-10-9-16(13(17)18)7-5-11-3-1-2-4-12(11)15/h1-4H,5-10H2. The molecule has 3 nitrogen and oxygen atoms in total. The fourth-order valence-electron chi connectivity index (χ4n) is 2.11. The average Bonchev–Trinajstić information content (AvgIpc) is 2.71. The van der Waals surface area contributed by atoms with Gasteiger partial charge in [-0.3, -0.25) is 0 Å². The van der Waals surface area contributed by atoms with E-state index in [4.69, 9.17) is 0 Å². The van der Waals surface area contributed by atoms with E-state index in [2.05, 4.69) is 15.9 Å². The van der Waals surface area contributed by atoms with Gasteiger partial charge in [0.15, 0.2) is 0 Å². The van der Waals surface area contributed by atoms with E-state index in [1.54, 1.807) is 17.0 Å². The van der Waals surface area contributed by atoms with Crippen LogP contribution in [0.4, 0.5) is 9.18 Å². The summed E-state index contributed by atoms with van der Waals surface area (Å²) in [6, 6.07) is 6.79. The monoisotopic (exact) mass is 314 g/mol. The van der Waals surface area contributed by atoms with Crippen LogP contribution in [0.5, 0.6) is 0 Å². The van der Waals surface area contributed by atoms with Crippen LogP contribution < -0.4 is 0 Å². The summed E-state index contributed by atoms with van der Waals surface area (Å²) in [6.07, 6.45) is 0.570. The van der Waals surface area contributed by atoms with Crippen molar-refractivity contribution < 1.29 is 9.18 Å². The number of carbonyl (C=O) groups is 1. The lowest BCUT2D eigenvalue weighted by molar-refractivity contribution is 0.194. The summed E-state index contributed by atoms with van der Waals surface area (Å²) in [5.74, 6) is -0.193. The highest BCUT2D eigenvalue weighted by Gasteiger charge is 2.27.